The monoisotopic (exact) mass is 392 g/mol. The number of fused-ring (bicyclic) bond motifs is 2. The van der Waals surface area contributed by atoms with E-state index in [1.165, 1.54) is 0 Å². The highest BCUT2D eigenvalue weighted by Crippen LogP contribution is 2.21. The zero-order chi connectivity index (χ0) is 18.8. The molecule has 0 amide bonds. The fourth-order valence-electron chi connectivity index (χ4n) is 3.44. The van der Waals surface area contributed by atoms with Crippen molar-refractivity contribution < 1.29 is 9.82 Å². The summed E-state index contributed by atoms with van der Waals surface area (Å²) in [5.74, 6) is -0.332. The summed E-state index contributed by atoms with van der Waals surface area (Å²) < 4.78 is 0. The number of aromatic nitrogens is 1. The molecule has 1 atom stereocenters. The molecule has 0 saturated heterocycles. The number of hydrogen-bond donors (Lipinski definition) is 3. The lowest BCUT2D eigenvalue weighted by Gasteiger charge is -2.19. The Morgan fingerprint density at radius 3 is 2.86 bits per heavy atom. The highest BCUT2D eigenvalue weighted by atomic mass is 32.1. The lowest BCUT2D eigenvalue weighted by molar-refractivity contribution is -0.119. The van der Waals surface area contributed by atoms with E-state index < -0.39 is 13.0 Å². The molecule has 1 aromatic heterocycles. The Bertz CT molecular complexity index is 1040. The van der Waals surface area contributed by atoms with E-state index in [1.807, 2.05) is 48.7 Å². The molecule has 8 heteroatoms. The van der Waals surface area contributed by atoms with Crippen LogP contribution < -0.4 is 16.5 Å². The van der Waals surface area contributed by atoms with Crippen LogP contribution in [0.15, 0.2) is 60.0 Å². The van der Waals surface area contributed by atoms with Gasteiger partial charge in [0, 0.05) is 30.7 Å². The molecular formula is C20H21BN4O2S. The first-order valence-electron chi connectivity index (χ1n) is 8.81. The van der Waals surface area contributed by atoms with Gasteiger partial charge < -0.3 is 16.1 Å². The van der Waals surface area contributed by atoms with E-state index in [-0.39, 0.29) is 25.8 Å². The maximum Gasteiger partial charge on any atom is 0.464 e. The van der Waals surface area contributed by atoms with Gasteiger partial charge in [-0.15, -0.1) is 0 Å². The molecule has 0 saturated carbocycles. The van der Waals surface area contributed by atoms with E-state index in [0.29, 0.717) is 6.42 Å². The predicted molar refractivity (Wildman–Crippen MR) is 117 cm³/mol. The molecule has 6 nitrogen and oxygen atoms in total. The van der Waals surface area contributed by atoms with Gasteiger partial charge in [-0.25, -0.2) is 0 Å². The van der Waals surface area contributed by atoms with Crippen molar-refractivity contribution in [3.8, 4) is 0 Å². The van der Waals surface area contributed by atoms with Crippen LogP contribution in [0, 0.1) is 0 Å². The topological polar surface area (TPSA) is 101 Å². The SMILES string of the molecule is NC[C@@H](C(=O)Cc1ccc2cnccc2c1)c1ccc2c(c1)C=NNB2O.S. The zero-order valence-electron chi connectivity index (χ0n) is 15.2. The molecule has 142 valence electrons. The zero-order valence-corrected chi connectivity index (χ0v) is 16.2. The van der Waals surface area contributed by atoms with Gasteiger partial charge in [-0.3, -0.25) is 9.78 Å². The van der Waals surface area contributed by atoms with Crippen LogP contribution in [0.3, 0.4) is 0 Å². The highest BCUT2D eigenvalue weighted by Gasteiger charge is 2.24. The molecule has 0 unspecified atom stereocenters. The van der Waals surface area contributed by atoms with Crippen LogP contribution in [0.2, 0.25) is 0 Å². The van der Waals surface area contributed by atoms with Gasteiger partial charge in [-0.05, 0) is 39.7 Å². The summed E-state index contributed by atoms with van der Waals surface area (Å²) >= 11 is 0. The Morgan fingerprint density at radius 1 is 1.18 bits per heavy atom. The molecule has 2 heterocycles. The third-order valence-electron chi connectivity index (χ3n) is 4.92. The predicted octanol–water partition coefficient (Wildman–Crippen LogP) is 0.826. The second-order valence-corrected chi connectivity index (χ2v) is 6.67. The number of nitrogens with two attached hydrogens (primary N) is 1. The van der Waals surface area contributed by atoms with Gasteiger partial charge in [-0.2, -0.15) is 18.6 Å². The number of nitrogens with zero attached hydrogens (tertiary/aromatic N) is 2. The molecule has 0 fully saturated rings. The second kappa shape index (κ2) is 8.56. The van der Waals surface area contributed by atoms with Gasteiger partial charge in [0.2, 0.25) is 0 Å². The quantitative estimate of drug-likeness (QED) is 0.559. The molecule has 3 aromatic rings. The first-order valence-corrected chi connectivity index (χ1v) is 8.81. The second-order valence-electron chi connectivity index (χ2n) is 6.67. The van der Waals surface area contributed by atoms with Crippen molar-refractivity contribution in [1.82, 2.24) is 10.3 Å². The van der Waals surface area contributed by atoms with Crippen molar-refractivity contribution >= 4 is 48.8 Å². The molecule has 4 N–H and O–H groups in total. The molecule has 2 aromatic carbocycles. The number of Topliss-reactive ketones (excluding diaryl/α,β-unsaturated/α-hetero) is 1. The largest absolute Gasteiger partial charge is 0.464 e. The van der Waals surface area contributed by atoms with E-state index in [1.54, 1.807) is 12.4 Å². The minimum Gasteiger partial charge on any atom is -0.428 e. The number of ketones is 1. The summed E-state index contributed by atoms with van der Waals surface area (Å²) in [4.78, 5) is 17.0. The van der Waals surface area contributed by atoms with Gasteiger partial charge in [0.05, 0.1) is 12.1 Å². The van der Waals surface area contributed by atoms with Crippen LogP contribution in [0.4, 0.5) is 0 Å². The standard InChI is InChI=1S/C20H19BN4O2.H2S/c22-10-18(15-3-4-19-17(9-15)12-24-25-21(19)27)20(26)8-13-1-2-16-11-23-6-5-14(16)7-13;/h1-7,9,11-12,18,25,27H,8,10,22H2;1H2/t18-;/m1./s1. The molecule has 1 aliphatic heterocycles. The molecule has 28 heavy (non-hydrogen) atoms. The Labute approximate surface area is 170 Å². The van der Waals surface area contributed by atoms with E-state index >= 15 is 0 Å². The van der Waals surface area contributed by atoms with Crippen molar-refractivity contribution in [3.05, 3.63) is 71.5 Å². The Kier molecular flexibility index (Phi) is 6.13. The van der Waals surface area contributed by atoms with Crippen LogP contribution in [0.25, 0.3) is 10.8 Å². The molecule has 0 aliphatic carbocycles. The first kappa shape index (κ1) is 20.1. The summed E-state index contributed by atoms with van der Waals surface area (Å²) in [6.07, 6.45) is 5.51. The van der Waals surface area contributed by atoms with E-state index in [9.17, 15) is 9.82 Å². The van der Waals surface area contributed by atoms with Crippen molar-refractivity contribution in [2.45, 2.75) is 12.3 Å². The van der Waals surface area contributed by atoms with E-state index in [4.69, 9.17) is 5.73 Å². The van der Waals surface area contributed by atoms with Crippen molar-refractivity contribution in [2.75, 3.05) is 6.54 Å². The number of hydrazone groups is 1. The van der Waals surface area contributed by atoms with Crippen molar-refractivity contribution in [2.24, 2.45) is 10.8 Å². The van der Waals surface area contributed by atoms with Gasteiger partial charge in [0.25, 0.3) is 0 Å². The lowest BCUT2D eigenvalue weighted by Crippen LogP contribution is -2.47. The summed E-state index contributed by atoms with van der Waals surface area (Å²) in [7, 11) is -0.835. The third kappa shape index (κ3) is 3.94. The minimum absolute atomic E-state index is 0. The number of rotatable bonds is 5. The lowest BCUT2D eigenvalue weighted by atomic mass is 9.71. The van der Waals surface area contributed by atoms with Crippen LogP contribution in [-0.4, -0.2) is 35.6 Å². The third-order valence-corrected chi connectivity index (χ3v) is 4.92. The highest BCUT2D eigenvalue weighted by molar-refractivity contribution is 7.59. The fraction of sp³-hybridized carbons (Fsp3) is 0.150. The number of benzene rings is 2. The van der Waals surface area contributed by atoms with Gasteiger partial charge in [0.1, 0.15) is 5.78 Å². The van der Waals surface area contributed by atoms with E-state index in [0.717, 1.165) is 32.9 Å². The number of nitrogens with one attached hydrogen (secondary N) is 1. The van der Waals surface area contributed by atoms with Gasteiger partial charge >= 0.3 is 7.05 Å². The maximum atomic E-state index is 12.9. The van der Waals surface area contributed by atoms with Crippen LogP contribution in [0.5, 0.6) is 0 Å². The number of carbonyl (C=O) groups is 1. The molecule has 4 rings (SSSR count). The Morgan fingerprint density at radius 2 is 2.04 bits per heavy atom. The normalized spacial score (nSPS) is 13.4. The van der Waals surface area contributed by atoms with Gasteiger partial charge in [0.15, 0.2) is 0 Å². The van der Waals surface area contributed by atoms with Crippen LogP contribution in [-0.2, 0) is 11.2 Å². The molecule has 0 spiro atoms. The Hall–Kier alpha value is -2.68. The van der Waals surface area contributed by atoms with Crippen LogP contribution in [0.1, 0.15) is 22.6 Å². The minimum atomic E-state index is -0.835. The van der Waals surface area contributed by atoms with E-state index in [2.05, 4.69) is 15.4 Å². The number of pyridine rings is 1. The fourth-order valence-corrected chi connectivity index (χ4v) is 3.44. The summed E-state index contributed by atoms with van der Waals surface area (Å²) in [5, 5.41) is 18.5. The average molecular weight is 392 g/mol. The Balaban J connectivity index is 0.00000225. The summed E-state index contributed by atoms with van der Waals surface area (Å²) in [6.45, 7) is 0.229. The summed E-state index contributed by atoms with van der Waals surface area (Å²) in [6, 6.07) is 13.4. The first-order chi connectivity index (χ1) is 13.2. The molecule has 0 bridgehead atoms. The van der Waals surface area contributed by atoms with Crippen molar-refractivity contribution in [3.63, 3.8) is 0 Å². The smallest absolute Gasteiger partial charge is 0.428 e. The summed E-state index contributed by atoms with van der Waals surface area (Å²) in [5.41, 5.74) is 9.25. The van der Waals surface area contributed by atoms with Crippen molar-refractivity contribution in [1.29, 1.82) is 0 Å². The average Bonchev–Trinajstić information content (AvgIpc) is 2.68. The van der Waals surface area contributed by atoms with Crippen LogP contribution >= 0.6 is 13.5 Å². The number of carbonyl (C=O) groups excluding carboxylic acids is 1. The molecule has 0 radical (unpaired) electrons. The van der Waals surface area contributed by atoms with Gasteiger partial charge in [-0.1, -0.05) is 30.3 Å². The molecule has 1 aliphatic rings. The number of hydrogen-bond acceptors (Lipinski definition) is 6. The molecular weight excluding hydrogens is 371 g/mol. The maximum absolute atomic E-state index is 12.9.